The first kappa shape index (κ1) is 19.2. The lowest BCUT2D eigenvalue weighted by molar-refractivity contribution is -0.274. The molecule has 1 aromatic carbocycles. The maximum absolute atomic E-state index is 13.1. The Kier molecular flexibility index (Phi) is 5.41. The fourth-order valence-electron chi connectivity index (χ4n) is 3.30. The van der Waals surface area contributed by atoms with Crippen LogP contribution in [-0.4, -0.2) is 35.1 Å². The van der Waals surface area contributed by atoms with Crippen molar-refractivity contribution in [3.8, 4) is 5.75 Å². The Balaban J connectivity index is 1.72. The van der Waals surface area contributed by atoms with Gasteiger partial charge >= 0.3 is 6.36 Å². The van der Waals surface area contributed by atoms with Crippen LogP contribution in [0.5, 0.6) is 5.75 Å². The topological polar surface area (TPSA) is 68.2 Å². The van der Waals surface area contributed by atoms with Crippen LogP contribution in [0.1, 0.15) is 31.4 Å². The zero-order valence-electron chi connectivity index (χ0n) is 14.8. The van der Waals surface area contributed by atoms with E-state index in [1.165, 1.54) is 24.3 Å². The molecule has 0 aliphatic carbocycles. The lowest BCUT2D eigenvalue weighted by Crippen LogP contribution is -2.55. The first-order valence-corrected chi connectivity index (χ1v) is 8.68. The summed E-state index contributed by atoms with van der Waals surface area (Å²) in [6.45, 7) is 3.19. The monoisotopic (exact) mass is 382 g/mol. The lowest BCUT2D eigenvalue weighted by atomic mass is 9.87. The maximum Gasteiger partial charge on any atom is 0.573 e. The van der Waals surface area contributed by atoms with E-state index in [1.54, 1.807) is 30.1 Å². The zero-order chi connectivity index (χ0) is 19.5. The molecule has 2 aromatic rings. The van der Waals surface area contributed by atoms with Crippen molar-refractivity contribution in [1.29, 1.82) is 0 Å². The highest BCUT2D eigenvalue weighted by atomic mass is 19.4. The van der Waals surface area contributed by atoms with Gasteiger partial charge in [0.1, 0.15) is 11.3 Å². The number of benzene rings is 1. The zero-order valence-corrected chi connectivity index (χ0v) is 14.8. The molecule has 1 aromatic heterocycles. The van der Waals surface area contributed by atoms with Gasteiger partial charge < -0.3 is 15.4 Å². The van der Waals surface area contributed by atoms with Crippen molar-refractivity contribution in [1.82, 2.24) is 20.4 Å². The standard InChI is InChI=1S/C18H21F3N4O2/c1-13(14-3-5-15(6-4-14)27-18(19,20)21)24-16(26)17(7-10-22-11-8-17)25-12-2-9-23-25/h2-6,9,12-13,22H,7-8,10-11H2,1H3,(H,24,26). The number of carbonyl (C=O) groups is 1. The highest BCUT2D eigenvalue weighted by Crippen LogP contribution is 2.29. The summed E-state index contributed by atoms with van der Waals surface area (Å²) < 4.78 is 42.4. The molecule has 1 aliphatic rings. The molecule has 1 saturated heterocycles. The van der Waals surface area contributed by atoms with Gasteiger partial charge in [0, 0.05) is 12.4 Å². The molecule has 1 atom stereocenters. The van der Waals surface area contributed by atoms with E-state index in [2.05, 4.69) is 20.5 Å². The number of halogens is 3. The second-order valence-corrected chi connectivity index (χ2v) is 6.54. The minimum Gasteiger partial charge on any atom is -0.406 e. The average molecular weight is 382 g/mol. The minimum atomic E-state index is -4.73. The molecule has 1 fully saturated rings. The van der Waals surface area contributed by atoms with E-state index in [4.69, 9.17) is 0 Å². The van der Waals surface area contributed by atoms with Gasteiger partial charge in [0.25, 0.3) is 0 Å². The summed E-state index contributed by atoms with van der Waals surface area (Å²) >= 11 is 0. The number of piperidine rings is 1. The van der Waals surface area contributed by atoms with Crippen molar-refractivity contribution in [2.75, 3.05) is 13.1 Å². The van der Waals surface area contributed by atoms with Gasteiger partial charge in [-0.2, -0.15) is 5.10 Å². The van der Waals surface area contributed by atoms with Crippen molar-refractivity contribution in [3.63, 3.8) is 0 Å². The molecule has 0 radical (unpaired) electrons. The number of rotatable bonds is 5. The molecule has 2 N–H and O–H groups in total. The number of aromatic nitrogens is 2. The number of nitrogens with one attached hydrogen (secondary N) is 2. The minimum absolute atomic E-state index is 0.157. The average Bonchev–Trinajstić information content (AvgIpc) is 3.16. The number of hydrogen-bond donors (Lipinski definition) is 2. The van der Waals surface area contributed by atoms with Gasteiger partial charge in [-0.25, -0.2) is 0 Å². The molecular weight excluding hydrogens is 361 g/mol. The van der Waals surface area contributed by atoms with Gasteiger partial charge in [0.2, 0.25) is 5.91 Å². The van der Waals surface area contributed by atoms with E-state index >= 15 is 0 Å². The Morgan fingerprint density at radius 2 is 1.96 bits per heavy atom. The van der Waals surface area contributed by atoms with E-state index in [9.17, 15) is 18.0 Å². The summed E-state index contributed by atoms with van der Waals surface area (Å²) in [5.74, 6) is -0.452. The fraction of sp³-hybridized carbons (Fsp3) is 0.444. The molecule has 2 heterocycles. The van der Waals surface area contributed by atoms with Gasteiger partial charge in [-0.15, -0.1) is 13.2 Å². The smallest absolute Gasteiger partial charge is 0.406 e. The maximum atomic E-state index is 13.1. The fourth-order valence-corrected chi connectivity index (χ4v) is 3.30. The van der Waals surface area contributed by atoms with Crippen LogP contribution in [-0.2, 0) is 10.3 Å². The van der Waals surface area contributed by atoms with Gasteiger partial charge in [-0.1, -0.05) is 12.1 Å². The molecule has 27 heavy (non-hydrogen) atoms. The predicted octanol–water partition coefficient (Wildman–Crippen LogP) is 2.74. The predicted molar refractivity (Wildman–Crippen MR) is 92.0 cm³/mol. The first-order valence-electron chi connectivity index (χ1n) is 8.68. The highest BCUT2D eigenvalue weighted by molar-refractivity contribution is 5.85. The number of alkyl halides is 3. The number of carbonyl (C=O) groups excluding carboxylic acids is 1. The van der Waals surface area contributed by atoms with Gasteiger partial charge in [-0.3, -0.25) is 9.48 Å². The van der Waals surface area contributed by atoms with E-state index in [0.717, 1.165) is 0 Å². The highest BCUT2D eigenvalue weighted by Gasteiger charge is 2.42. The SMILES string of the molecule is CC(NC(=O)C1(n2cccn2)CCNCC1)c1ccc(OC(F)(F)F)cc1. The number of amides is 1. The van der Waals surface area contributed by atoms with Crippen LogP contribution >= 0.6 is 0 Å². The third-order valence-electron chi connectivity index (χ3n) is 4.76. The number of nitrogens with zero attached hydrogens (tertiary/aromatic N) is 2. The Hall–Kier alpha value is -2.55. The normalized spacial score (nSPS) is 17.9. The Bertz CT molecular complexity index is 754. The van der Waals surface area contributed by atoms with Crippen LogP contribution in [0.15, 0.2) is 42.7 Å². The van der Waals surface area contributed by atoms with Crippen molar-refractivity contribution >= 4 is 5.91 Å². The van der Waals surface area contributed by atoms with Gasteiger partial charge in [-0.05, 0) is 56.6 Å². The summed E-state index contributed by atoms with van der Waals surface area (Å²) in [6, 6.07) is 6.89. The van der Waals surface area contributed by atoms with E-state index in [0.29, 0.717) is 31.5 Å². The third kappa shape index (κ3) is 4.41. The summed E-state index contributed by atoms with van der Waals surface area (Å²) in [5.41, 5.74) is -0.0927. The number of ether oxygens (including phenoxy) is 1. The summed E-state index contributed by atoms with van der Waals surface area (Å²) in [6.07, 6.45) is -0.109. The molecule has 9 heteroatoms. The molecule has 0 saturated carbocycles. The van der Waals surface area contributed by atoms with Crippen LogP contribution in [0.3, 0.4) is 0 Å². The largest absolute Gasteiger partial charge is 0.573 e. The van der Waals surface area contributed by atoms with Crippen LogP contribution in [0.4, 0.5) is 13.2 Å². The Morgan fingerprint density at radius 1 is 1.30 bits per heavy atom. The first-order chi connectivity index (χ1) is 12.8. The van der Waals surface area contributed by atoms with Crippen LogP contribution in [0.2, 0.25) is 0 Å². The third-order valence-corrected chi connectivity index (χ3v) is 4.76. The Morgan fingerprint density at radius 3 is 2.52 bits per heavy atom. The summed E-state index contributed by atoms with van der Waals surface area (Å²) in [4.78, 5) is 13.1. The van der Waals surface area contributed by atoms with E-state index < -0.39 is 11.9 Å². The Labute approximate surface area is 154 Å². The van der Waals surface area contributed by atoms with Crippen LogP contribution in [0, 0.1) is 0 Å². The van der Waals surface area contributed by atoms with Gasteiger partial charge in [0.15, 0.2) is 0 Å². The lowest BCUT2D eigenvalue weighted by Gasteiger charge is -2.37. The quantitative estimate of drug-likeness (QED) is 0.835. The molecule has 146 valence electrons. The van der Waals surface area contributed by atoms with Crippen LogP contribution in [0.25, 0.3) is 0 Å². The molecule has 1 amide bonds. The molecule has 0 bridgehead atoms. The van der Waals surface area contributed by atoms with Crippen molar-refractivity contribution in [3.05, 3.63) is 48.3 Å². The van der Waals surface area contributed by atoms with Crippen molar-refractivity contribution in [2.45, 2.75) is 37.7 Å². The summed E-state index contributed by atoms with van der Waals surface area (Å²) in [5, 5.41) is 10.5. The van der Waals surface area contributed by atoms with Gasteiger partial charge in [0.05, 0.1) is 6.04 Å². The van der Waals surface area contributed by atoms with Crippen LogP contribution < -0.4 is 15.4 Å². The second-order valence-electron chi connectivity index (χ2n) is 6.54. The molecule has 1 aliphatic heterocycles. The molecule has 3 rings (SSSR count). The molecule has 0 spiro atoms. The molecule has 1 unspecified atom stereocenters. The van der Waals surface area contributed by atoms with Crippen molar-refractivity contribution < 1.29 is 22.7 Å². The summed E-state index contributed by atoms with van der Waals surface area (Å²) in [7, 11) is 0. The van der Waals surface area contributed by atoms with Crippen molar-refractivity contribution in [2.24, 2.45) is 0 Å². The number of hydrogen-bond acceptors (Lipinski definition) is 4. The molecular formula is C18H21F3N4O2. The van der Waals surface area contributed by atoms with E-state index in [-0.39, 0.29) is 17.7 Å². The second kappa shape index (κ2) is 7.59. The van der Waals surface area contributed by atoms with E-state index in [1.807, 2.05) is 0 Å². The molecule has 6 nitrogen and oxygen atoms in total.